The highest BCUT2D eigenvalue weighted by atomic mass is 79.9. The lowest BCUT2D eigenvalue weighted by Gasteiger charge is -2.38. The molecule has 1 saturated heterocycles. The molecule has 3 heterocycles. The molecule has 26 heavy (non-hydrogen) atoms. The van der Waals surface area contributed by atoms with Gasteiger partial charge in [0.05, 0.1) is 16.8 Å². The number of H-pyrrole nitrogens is 1. The summed E-state index contributed by atoms with van der Waals surface area (Å²) in [4.78, 5) is 15.5. The van der Waals surface area contributed by atoms with E-state index in [1.165, 1.54) is 5.69 Å². The maximum atomic E-state index is 6.18. The predicted molar refractivity (Wildman–Crippen MR) is 110 cm³/mol. The zero-order chi connectivity index (χ0) is 18.3. The molecule has 0 amide bonds. The number of piperazine rings is 1. The van der Waals surface area contributed by atoms with Crippen molar-refractivity contribution in [3.05, 3.63) is 34.2 Å². The molecule has 0 atom stereocenters. The molecule has 0 radical (unpaired) electrons. The van der Waals surface area contributed by atoms with Crippen molar-refractivity contribution >= 4 is 55.8 Å². The van der Waals surface area contributed by atoms with E-state index in [9.17, 15) is 0 Å². The molecular formula is C17H19BrClN7. The smallest absolute Gasteiger partial charge is 0.187 e. The number of nitrogens with one attached hydrogen (secondary N) is 1. The lowest BCUT2D eigenvalue weighted by Crippen LogP contribution is -2.47. The average molecular weight is 437 g/mol. The number of hydrogen-bond donors (Lipinski definition) is 1. The van der Waals surface area contributed by atoms with Gasteiger partial charge in [0.1, 0.15) is 16.7 Å². The first-order valence-electron chi connectivity index (χ1n) is 8.36. The number of aromatic nitrogens is 4. The summed E-state index contributed by atoms with van der Waals surface area (Å²) in [6.07, 6.45) is 1.57. The lowest BCUT2D eigenvalue weighted by molar-refractivity contribution is 0.648. The van der Waals surface area contributed by atoms with Crippen molar-refractivity contribution in [2.45, 2.75) is 0 Å². The van der Waals surface area contributed by atoms with Crippen LogP contribution in [0.15, 0.2) is 29.1 Å². The van der Waals surface area contributed by atoms with E-state index in [2.05, 4.69) is 56.9 Å². The Morgan fingerprint density at radius 2 is 1.85 bits per heavy atom. The van der Waals surface area contributed by atoms with Crippen molar-refractivity contribution in [1.82, 2.24) is 20.2 Å². The van der Waals surface area contributed by atoms with Crippen LogP contribution in [0.1, 0.15) is 0 Å². The second-order valence-corrected chi connectivity index (χ2v) is 7.66. The highest BCUT2D eigenvalue weighted by Gasteiger charge is 2.23. The van der Waals surface area contributed by atoms with E-state index in [1.54, 1.807) is 6.33 Å². The zero-order valence-electron chi connectivity index (χ0n) is 14.6. The number of rotatable bonds is 3. The highest BCUT2D eigenvalue weighted by Crippen LogP contribution is 2.33. The third-order valence-corrected chi connectivity index (χ3v) is 5.43. The van der Waals surface area contributed by atoms with E-state index < -0.39 is 0 Å². The SMILES string of the molecule is CN(C)c1cc(Cl)ccc1N1CCN(c2ncnc3n[nH]c(Br)c23)CC1. The van der Waals surface area contributed by atoms with Crippen LogP contribution >= 0.6 is 27.5 Å². The van der Waals surface area contributed by atoms with Crippen LogP contribution in [0.5, 0.6) is 0 Å². The Balaban J connectivity index is 1.57. The van der Waals surface area contributed by atoms with E-state index in [0.29, 0.717) is 5.65 Å². The molecule has 0 aliphatic carbocycles. The molecule has 0 unspecified atom stereocenters. The molecule has 0 bridgehead atoms. The van der Waals surface area contributed by atoms with Gasteiger partial charge in [0.25, 0.3) is 0 Å². The minimum atomic E-state index is 0.678. The number of aromatic amines is 1. The quantitative estimate of drug-likeness (QED) is 0.680. The van der Waals surface area contributed by atoms with Crippen molar-refractivity contribution in [3.8, 4) is 0 Å². The fourth-order valence-electron chi connectivity index (χ4n) is 3.33. The monoisotopic (exact) mass is 435 g/mol. The summed E-state index contributed by atoms with van der Waals surface area (Å²) in [5.41, 5.74) is 3.02. The van der Waals surface area contributed by atoms with Crippen LogP contribution in [0.3, 0.4) is 0 Å². The Kier molecular flexibility index (Phi) is 4.62. The fourth-order valence-corrected chi connectivity index (χ4v) is 3.94. The predicted octanol–water partition coefficient (Wildman–Crippen LogP) is 3.16. The van der Waals surface area contributed by atoms with Gasteiger partial charge in [0, 0.05) is 45.3 Å². The van der Waals surface area contributed by atoms with Gasteiger partial charge in [-0.25, -0.2) is 9.97 Å². The van der Waals surface area contributed by atoms with Gasteiger partial charge in [-0.05, 0) is 34.1 Å². The van der Waals surface area contributed by atoms with Crippen LogP contribution in [-0.2, 0) is 0 Å². The van der Waals surface area contributed by atoms with Crippen molar-refractivity contribution < 1.29 is 0 Å². The molecule has 7 nitrogen and oxygen atoms in total. The summed E-state index contributed by atoms with van der Waals surface area (Å²) in [6.45, 7) is 3.56. The molecule has 3 aromatic rings. The molecular weight excluding hydrogens is 418 g/mol. The normalized spacial score (nSPS) is 14.9. The maximum absolute atomic E-state index is 6.18. The number of nitrogens with zero attached hydrogens (tertiary/aromatic N) is 6. The number of anilines is 3. The van der Waals surface area contributed by atoms with Crippen molar-refractivity contribution in [2.24, 2.45) is 0 Å². The molecule has 136 valence electrons. The summed E-state index contributed by atoms with van der Waals surface area (Å²) in [7, 11) is 4.08. The molecule has 0 saturated carbocycles. The van der Waals surface area contributed by atoms with Crippen molar-refractivity contribution in [2.75, 3.05) is 55.0 Å². The largest absolute Gasteiger partial charge is 0.376 e. The van der Waals surface area contributed by atoms with Crippen molar-refractivity contribution in [1.29, 1.82) is 0 Å². The summed E-state index contributed by atoms with van der Waals surface area (Å²) in [5, 5.41) is 8.81. The number of fused-ring (bicyclic) bond motifs is 1. The van der Waals surface area contributed by atoms with Gasteiger partial charge < -0.3 is 14.7 Å². The van der Waals surface area contributed by atoms with E-state index in [4.69, 9.17) is 11.6 Å². The Hall–Kier alpha value is -2.06. The van der Waals surface area contributed by atoms with Gasteiger partial charge in [-0.15, -0.1) is 0 Å². The van der Waals surface area contributed by atoms with Crippen LogP contribution in [0.2, 0.25) is 5.02 Å². The van der Waals surface area contributed by atoms with Crippen LogP contribution in [0.25, 0.3) is 11.0 Å². The molecule has 1 aliphatic heterocycles. The fraction of sp³-hybridized carbons (Fsp3) is 0.353. The molecule has 4 rings (SSSR count). The molecule has 1 aliphatic rings. The second-order valence-electron chi connectivity index (χ2n) is 6.44. The Labute approximate surface area is 165 Å². The van der Waals surface area contributed by atoms with Gasteiger partial charge in [-0.3, -0.25) is 5.10 Å². The van der Waals surface area contributed by atoms with Crippen LogP contribution in [-0.4, -0.2) is 60.4 Å². The van der Waals surface area contributed by atoms with Gasteiger partial charge in [-0.2, -0.15) is 5.10 Å². The summed E-state index contributed by atoms with van der Waals surface area (Å²) in [6, 6.07) is 6.06. The molecule has 1 N–H and O–H groups in total. The third-order valence-electron chi connectivity index (χ3n) is 4.63. The third kappa shape index (κ3) is 3.07. The second kappa shape index (κ2) is 6.92. The van der Waals surface area contributed by atoms with Gasteiger partial charge in [0.15, 0.2) is 5.65 Å². The van der Waals surface area contributed by atoms with Crippen molar-refractivity contribution in [3.63, 3.8) is 0 Å². The van der Waals surface area contributed by atoms with E-state index >= 15 is 0 Å². The minimum Gasteiger partial charge on any atom is -0.376 e. The van der Waals surface area contributed by atoms with E-state index in [0.717, 1.165) is 52.7 Å². The molecule has 1 aromatic carbocycles. The number of hydrogen-bond acceptors (Lipinski definition) is 6. The minimum absolute atomic E-state index is 0.678. The Bertz CT molecular complexity index is 934. The maximum Gasteiger partial charge on any atom is 0.187 e. The molecule has 2 aromatic heterocycles. The molecule has 1 fully saturated rings. The Morgan fingerprint density at radius 3 is 2.58 bits per heavy atom. The summed E-state index contributed by atoms with van der Waals surface area (Å²) in [5.74, 6) is 0.916. The topological polar surface area (TPSA) is 64.2 Å². The van der Waals surface area contributed by atoms with Crippen LogP contribution in [0.4, 0.5) is 17.2 Å². The average Bonchev–Trinajstić information content (AvgIpc) is 3.03. The van der Waals surface area contributed by atoms with Gasteiger partial charge >= 0.3 is 0 Å². The van der Waals surface area contributed by atoms with E-state index in [1.807, 2.05) is 26.2 Å². The molecule has 0 spiro atoms. The summed E-state index contributed by atoms with van der Waals surface area (Å²) >= 11 is 9.69. The highest BCUT2D eigenvalue weighted by molar-refractivity contribution is 9.10. The van der Waals surface area contributed by atoms with E-state index in [-0.39, 0.29) is 0 Å². The van der Waals surface area contributed by atoms with Gasteiger partial charge in [-0.1, -0.05) is 11.6 Å². The van der Waals surface area contributed by atoms with Gasteiger partial charge in [0.2, 0.25) is 0 Å². The summed E-state index contributed by atoms with van der Waals surface area (Å²) < 4.78 is 0.818. The molecule has 9 heteroatoms. The first-order chi connectivity index (χ1) is 12.5. The standard InChI is InChI=1S/C17H19BrClN7/c1-24(2)13-9-11(19)3-4-12(13)25-5-7-26(8-6-25)17-14-15(18)22-23-16(14)20-10-21-17/h3-4,9-10H,5-8H2,1-2H3,(H,20,21,22,23). The lowest BCUT2D eigenvalue weighted by atomic mass is 10.2. The zero-order valence-corrected chi connectivity index (χ0v) is 16.9. The van der Waals surface area contributed by atoms with Crippen LogP contribution in [0, 0.1) is 0 Å². The first kappa shape index (κ1) is 17.4. The first-order valence-corrected chi connectivity index (χ1v) is 9.53. The number of halogens is 2. The van der Waals surface area contributed by atoms with Crippen LogP contribution < -0.4 is 14.7 Å². The number of benzene rings is 1. The Morgan fingerprint density at radius 1 is 1.12 bits per heavy atom.